The molecule has 0 atom stereocenters. The van der Waals surface area contributed by atoms with Crippen molar-refractivity contribution in [3.05, 3.63) is 65.0 Å². The van der Waals surface area contributed by atoms with Crippen molar-refractivity contribution in [2.45, 2.75) is 6.42 Å². The Balaban J connectivity index is 1.62. The van der Waals surface area contributed by atoms with Gasteiger partial charge in [-0.2, -0.15) is 0 Å². The minimum Gasteiger partial charge on any atom is -0.465 e. The van der Waals surface area contributed by atoms with Crippen molar-refractivity contribution in [1.29, 1.82) is 0 Å². The summed E-state index contributed by atoms with van der Waals surface area (Å²) in [6, 6.07) is 14.5. The fraction of sp³-hybridized carbons (Fsp3) is 0.167. The summed E-state index contributed by atoms with van der Waals surface area (Å²) in [4.78, 5) is 11.6. The molecule has 2 aromatic carbocycles. The van der Waals surface area contributed by atoms with Gasteiger partial charge in [0, 0.05) is 18.5 Å². The minimum absolute atomic E-state index is 0.413. The molecular weight excluding hydrogens is 342 g/mol. The van der Waals surface area contributed by atoms with Crippen molar-refractivity contribution in [1.82, 2.24) is 10.2 Å². The Bertz CT molecular complexity index is 865. The lowest BCUT2D eigenvalue weighted by Gasteiger charge is -2.08. The highest BCUT2D eigenvalue weighted by Crippen LogP contribution is 2.23. The van der Waals surface area contributed by atoms with Crippen molar-refractivity contribution >= 4 is 23.3 Å². The molecule has 0 amide bonds. The van der Waals surface area contributed by atoms with Gasteiger partial charge in [-0.3, -0.25) is 0 Å². The monoisotopic (exact) mass is 357 g/mol. The first-order valence-electron chi connectivity index (χ1n) is 7.67. The Morgan fingerprint density at radius 3 is 2.76 bits per heavy atom. The van der Waals surface area contributed by atoms with Crippen LogP contribution in [0.3, 0.4) is 0 Å². The molecule has 1 heterocycles. The average Bonchev–Trinajstić information content (AvgIpc) is 3.12. The summed E-state index contributed by atoms with van der Waals surface area (Å²) in [7, 11) is 1.34. The predicted octanol–water partition coefficient (Wildman–Crippen LogP) is 3.83. The molecule has 0 saturated carbocycles. The van der Waals surface area contributed by atoms with Crippen LogP contribution in [-0.4, -0.2) is 29.8 Å². The van der Waals surface area contributed by atoms with Gasteiger partial charge >= 0.3 is 5.97 Å². The highest BCUT2D eigenvalue weighted by atomic mass is 35.5. The van der Waals surface area contributed by atoms with Gasteiger partial charge in [-0.05, 0) is 30.3 Å². The molecular formula is C18H16ClN3O3. The van der Waals surface area contributed by atoms with E-state index < -0.39 is 5.97 Å². The van der Waals surface area contributed by atoms with E-state index in [0.717, 1.165) is 5.56 Å². The first-order chi connectivity index (χ1) is 12.2. The lowest BCUT2D eigenvalue weighted by Crippen LogP contribution is -2.07. The van der Waals surface area contributed by atoms with Crippen LogP contribution >= 0.6 is 11.6 Å². The van der Waals surface area contributed by atoms with Gasteiger partial charge in [0.2, 0.25) is 11.8 Å². The zero-order valence-corrected chi connectivity index (χ0v) is 14.3. The second kappa shape index (κ2) is 7.81. The molecule has 0 radical (unpaired) electrons. The van der Waals surface area contributed by atoms with Gasteiger partial charge in [-0.25, -0.2) is 4.79 Å². The molecule has 0 aliphatic carbocycles. The Labute approximate surface area is 149 Å². The molecule has 0 aliphatic heterocycles. The zero-order chi connectivity index (χ0) is 17.6. The van der Waals surface area contributed by atoms with Crippen LogP contribution < -0.4 is 5.32 Å². The average molecular weight is 358 g/mol. The summed E-state index contributed by atoms with van der Waals surface area (Å²) in [5, 5.41) is 11.8. The first kappa shape index (κ1) is 17.0. The maximum Gasteiger partial charge on any atom is 0.337 e. The number of carbonyl (C=O) groups excluding carboxylic acids is 1. The number of halogens is 1. The van der Waals surface area contributed by atoms with Crippen LogP contribution in [0.1, 0.15) is 16.2 Å². The Hall–Kier alpha value is -2.86. The van der Waals surface area contributed by atoms with Crippen LogP contribution in [0.4, 0.5) is 5.69 Å². The van der Waals surface area contributed by atoms with E-state index in [1.807, 2.05) is 30.3 Å². The maximum absolute atomic E-state index is 11.6. The van der Waals surface area contributed by atoms with Gasteiger partial charge in [0.05, 0.1) is 23.4 Å². The highest BCUT2D eigenvalue weighted by molar-refractivity contribution is 6.33. The van der Waals surface area contributed by atoms with Crippen molar-refractivity contribution < 1.29 is 13.9 Å². The molecule has 0 unspecified atom stereocenters. The Morgan fingerprint density at radius 1 is 1.20 bits per heavy atom. The standard InChI is InChI=1S/C18H16ClN3O3/c1-24-18(23)13-7-8-14(19)15(11-13)20-10-9-16-21-22-17(25-16)12-5-3-2-4-6-12/h2-8,11,20H,9-10H2,1H3. The van der Waals surface area contributed by atoms with Gasteiger partial charge < -0.3 is 14.5 Å². The highest BCUT2D eigenvalue weighted by Gasteiger charge is 2.10. The number of methoxy groups -OCH3 is 1. The van der Waals surface area contributed by atoms with Crippen LogP contribution in [0.15, 0.2) is 52.9 Å². The van der Waals surface area contributed by atoms with E-state index >= 15 is 0 Å². The number of carbonyl (C=O) groups is 1. The lowest BCUT2D eigenvalue weighted by molar-refractivity contribution is 0.0601. The van der Waals surface area contributed by atoms with Crippen LogP contribution in [0.5, 0.6) is 0 Å². The second-order valence-electron chi connectivity index (χ2n) is 5.23. The van der Waals surface area contributed by atoms with E-state index in [2.05, 4.69) is 15.5 Å². The topological polar surface area (TPSA) is 77.2 Å². The van der Waals surface area contributed by atoms with Gasteiger partial charge in [-0.15, -0.1) is 10.2 Å². The number of rotatable bonds is 6. The van der Waals surface area contributed by atoms with Crippen molar-refractivity contribution in [3.63, 3.8) is 0 Å². The molecule has 0 aliphatic rings. The van der Waals surface area contributed by atoms with E-state index in [0.29, 0.717) is 41.0 Å². The molecule has 1 N–H and O–H groups in total. The number of nitrogens with zero attached hydrogens (tertiary/aromatic N) is 2. The quantitative estimate of drug-likeness (QED) is 0.675. The van der Waals surface area contributed by atoms with Crippen LogP contribution in [0.25, 0.3) is 11.5 Å². The molecule has 128 valence electrons. The summed E-state index contributed by atoms with van der Waals surface area (Å²) in [5.74, 6) is 0.594. The summed E-state index contributed by atoms with van der Waals surface area (Å²) < 4.78 is 10.4. The number of esters is 1. The molecule has 3 rings (SSSR count). The third-order valence-electron chi connectivity index (χ3n) is 3.53. The number of hydrogen-bond donors (Lipinski definition) is 1. The zero-order valence-electron chi connectivity index (χ0n) is 13.5. The Morgan fingerprint density at radius 2 is 2.00 bits per heavy atom. The molecule has 1 aromatic heterocycles. The van der Waals surface area contributed by atoms with E-state index in [1.165, 1.54) is 7.11 Å². The summed E-state index contributed by atoms with van der Waals surface area (Å²) in [5.41, 5.74) is 1.95. The largest absolute Gasteiger partial charge is 0.465 e. The molecule has 3 aromatic rings. The number of anilines is 1. The summed E-state index contributed by atoms with van der Waals surface area (Å²) in [6.45, 7) is 0.529. The van der Waals surface area contributed by atoms with Crippen LogP contribution in [0.2, 0.25) is 5.02 Å². The lowest BCUT2D eigenvalue weighted by atomic mass is 10.2. The predicted molar refractivity (Wildman–Crippen MR) is 94.7 cm³/mol. The normalized spacial score (nSPS) is 10.5. The fourth-order valence-electron chi connectivity index (χ4n) is 2.26. The molecule has 0 fully saturated rings. The van der Waals surface area contributed by atoms with E-state index in [4.69, 9.17) is 20.8 Å². The van der Waals surface area contributed by atoms with Gasteiger partial charge in [0.15, 0.2) is 0 Å². The van der Waals surface area contributed by atoms with E-state index in [1.54, 1.807) is 18.2 Å². The van der Waals surface area contributed by atoms with E-state index in [9.17, 15) is 4.79 Å². The SMILES string of the molecule is COC(=O)c1ccc(Cl)c(NCCc2nnc(-c3ccccc3)o2)c1. The maximum atomic E-state index is 11.6. The second-order valence-corrected chi connectivity index (χ2v) is 5.64. The van der Waals surface area contributed by atoms with Crippen molar-refractivity contribution in [2.24, 2.45) is 0 Å². The number of hydrogen-bond acceptors (Lipinski definition) is 6. The molecule has 6 nitrogen and oxygen atoms in total. The van der Waals surface area contributed by atoms with Crippen LogP contribution in [0, 0.1) is 0 Å². The third kappa shape index (κ3) is 4.16. The van der Waals surface area contributed by atoms with Gasteiger partial charge in [0.1, 0.15) is 0 Å². The smallest absolute Gasteiger partial charge is 0.337 e. The number of nitrogens with one attached hydrogen (secondary N) is 1. The summed E-state index contributed by atoms with van der Waals surface area (Å²) >= 11 is 6.14. The van der Waals surface area contributed by atoms with Gasteiger partial charge in [-0.1, -0.05) is 29.8 Å². The molecule has 25 heavy (non-hydrogen) atoms. The number of ether oxygens (including phenoxy) is 1. The van der Waals surface area contributed by atoms with Crippen molar-refractivity contribution in [2.75, 3.05) is 19.0 Å². The number of benzene rings is 2. The van der Waals surface area contributed by atoms with Crippen molar-refractivity contribution in [3.8, 4) is 11.5 Å². The number of aromatic nitrogens is 2. The van der Waals surface area contributed by atoms with Gasteiger partial charge in [0.25, 0.3) is 0 Å². The fourth-order valence-corrected chi connectivity index (χ4v) is 2.45. The molecule has 0 spiro atoms. The third-order valence-corrected chi connectivity index (χ3v) is 3.86. The Kier molecular flexibility index (Phi) is 5.30. The minimum atomic E-state index is -0.413. The summed E-state index contributed by atoms with van der Waals surface area (Å²) in [6.07, 6.45) is 0.526. The molecule has 0 bridgehead atoms. The van der Waals surface area contributed by atoms with E-state index in [-0.39, 0.29) is 0 Å². The first-order valence-corrected chi connectivity index (χ1v) is 8.04. The molecule has 7 heteroatoms. The van der Waals surface area contributed by atoms with Crippen LogP contribution in [-0.2, 0) is 11.2 Å². The molecule has 0 saturated heterocycles.